The van der Waals surface area contributed by atoms with Crippen molar-refractivity contribution in [2.75, 3.05) is 0 Å². The van der Waals surface area contributed by atoms with Crippen LogP contribution in [0.4, 0.5) is 0 Å². The SMILES string of the molecule is Cc1ccc(-c2nc(Cn3c(=O)oc4ccc(Cl)cc43)cs2)cc1. The number of aryl methyl sites for hydroxylation is 1. The molecule has 0 aliphatic rings. The number of nitrogens with zero attached hydrogens (tertiary/aromatic N) is 2. The van der Waals surface area contributed by atoms with Crippen LogP contribution in [-0.2, 0) is 6.54 Å². The van der Waals surface area contributed by atoms with E-state index < -0.39 is 5.76 Å². The first-order valence-electron chi connectivity index (χ1n) is 7.40. The van der Waals surface area contributed by atoms with Crippen LogP contribution in [0.2, 0.25) is 5.02 Å². The molecule has 0 unspecified atom stereocenters. The highest BCUT2D eigenvalue weighted by molar-refractivity contribution is 7.13. The van der Waals surface area contributed by atoms with Gasteiger partial charge in [0.25, 0.3) is 0 Å². The lowest BCUT2D eigenvalue weighted by Gasteiger charge is -2.00. The van der Waals surface area contributed by atoms with Crippen LogP contribution in [0.5, 0.6) is 0 Å². The third-order valence-corrected chi connectivity index (χ3v) is 4.98. The number of aromatic nitrogens is 2. The van der Waals surface area contributed by atoms with Gasteiger partial charge < -0.3 is 4.42 Å². The van der Waals surface area contributed by atoms with Gasteiger partial charge in [-0.25, -0.2) is 9.78 Å². The van der Waals surface area contributed by atoms with Gasteiger partial charge >= 0.3 is 5.76 Å². The van der Waals surface area contributed by atoms with Crippen molar-refractivity contribution in [1.29, 1.82) is 0 Å². The first kappa shape index (κ1) is 15.2. The van der Waals surface area contributed by atoms with Crippen LogP contribution in [0, 0.1) is 6.92 Å². The van der Waals surface area contributed by atoms with Gasteiger partial charge in [0.1, 0.15) is 5.01 Å². The molecule has 4 nitrogen and oxygen atoms in total. The number of benzene rings is 2. The van der Waals surface area contributed by atoms with Crippen LogP contribution in [0.25, 0.3) is 21.7 Å². The summed E-state index contributed by atoms with van der Waals surface area (Å²) in [4.78, 5) is 16.7. The number of fused-ring (bicyclic) bond motifs is 1. The molecular weight excluding hydrogens is 344 g/mol. The highest BCUT2D eigenvalue weighted by Crippen LogP contribution is 2.25. The molecule has 2 aromatic carbocycles. The van der Waals surface area contributed by atoms with E-state index in [1.807, 2.05) is 5.38 Å². The number of rotatable bonds is 3. The lowest BCUT2D eigenvalue weighted by molar-refractivity contribution is 0.516. The van der Waals surface area contributed by atoms with Crippen molar-refractivity contribution in [1.82, 2.24) is 9.55 Å². The summed E-state index contributed by atoms with van der Waals surface area (Å²) < 4.78 is 6.81. The second-order valence-corrected chi connectivity index (χ2v) is 6.87. The Balaban J connectivity index is 1.69. The fourth-order valence-corrected chi connectivity index (χ4v) is 3.54. The van der Waals surface area contributed by atoms with Crippen molar-refractivity contribution in [3.63, 3.8) is 0 Å². The molecule has 0 aliphatic carbocycles. The second kappa shape index (κ2) is 5.92. The monoisotopic (exact) mass is 356 g/mol. The van der Waals surface area contributed by atoms with Crippen LogP contribution in [0.3, 0.4) is 0 Å². The average molecular weight is 357 g/mol. The van der Waals surface area contributed by atoms with Crippen LogP contribution >= 0.6 is 22.9 Å². The van der Waals surface area contributed by atoms with Gasteiger partial charge in [0.15, 0.2) is 5.58 Å². The molecule has 0 bridgehead atoms. The van der Waals surface area contributed by atoms with Crippen molar-refractivity contribution >= 4 is 34.0 Å². The third kappa shape index (κ3) is 2.77. The number of halogens is 1. The molecule has 0 atom stereocenters. The van der Waals surface area contributed by atoms with E-state index in [4.69, 9.17) is 16.0 Å². The Bertz CT molecular complexity index is 1080. The molecule has 0 fully saturated rings. The summed E-state index contributed by atoms with van der Waals surface area (Å²) in [6.07, 6.45) is 0. The molecular formula is C18H13ClN2O2S. The molecule has 120 valence electrons. The maximum Gasteiger partial charge on any atom is 0.420 e. The number of thiazole rings is 1. The lowest BCUT2D eigenvalue weighted by atomic mass is 10.2. The summed E-state index contributed by atoms with van der Waals surface area (Å²) in [5.74, 6) is -0.405. The molecule has 0 saturated heterocycles. The summed E-state index contributed by atoms with van der Waals surface area (Å²) >= 11 is 7.59. The van der Waals surface area contributed by atoms with Crippen LogP contribution < -0.4 is 5.76 Å². The van der Waals surface area contributed by atoms with E-state index >= 15 is 0 Å². The van der Waals surface area contributed by atoms with Crippen LogP contribution in [-0.4, -0.2) is 9.55 Å². The standard InChI is InChI=1S/C18H13ClN2O2S/c1-11-2-4-12(5-3-11)17-20-14(10-24-17)9-21-15-8-13(19)6-7-16(15)23-18(21)22/h2-8,10H,9H2,1H3. The van der Waals surface area contributed by atoms with Crippen molar-refractivity contribution < 1.29 is 4.42 Å². The average Bonchev–Trinajstić information content (AvgIpc) is 3.14. The minimum atomic E-state index is -0.405. The lowest BCUT2D eigenvalue weighted by Crippen LogP contribution is -2.15. The van der Waals surface area contributed by atoms with Gasteiger partial charge in [-0.05, 0) is 25.1 Å². The van der Waals surface area contributed by atoms with Gasteiger partial charge in [-0.2, -0.15) is 0 Å². The summed E-state index contributed by atoms with van der Waals surface area (Å²) in [5, 5.41) is 3.46. The van der Waals surface area contributed by atoms with Gasteiger partial charge in [-0.15, -0.1) is 11.3 Å². The first-order valence-corrected chi connectivity index (χ1v) is 8.66. The maximum absolute atomic E-state index is 12.1. The zero-order valence-electron chi connectivity index (χ0n) is 12.8. The van der Waals surface area contributed by atoms with E-state index in [1.54, 1.807) is 34.1 Å². The van der Waals surface area contributed by atoms with Gasteiger partial charge in [-0.3, -0.25) is 4.57 Å². The molecule has 0 saturated carbocycles. The molecule has 4 aromatic rings. The molecule has 0 N–H and O–H groups in total. The number of oxazole rings is 1. The summed E-state index contributed by atoms with van der Waals surface area (Å²) in [5.41, 5.74) is 4.31. The van der Waals surface area contributed by atoms with Crippen molar-refractivity contribution in [2.45, 2.75) is 13.5 Å². The fraction of sp³-hybridized carbons (Fsp3) is 0.111. The van der Waals surface area contributed by atoms with Gasteiger partial charge in [-0.1, -0.05) is 41.4 Å². The Hall–Kier alpha value is -2.37. The summed E-state index contributed by atoms with van der Waals surface area (Å²) in [7, 11) is 0. The van der Waals surface area contributed by atoms with Crippen molar-refractivity contribution in [3.05, 3.63) is 74.7 Å². The molecule has 24 heavy (non-hydrogen) atoms. The van der Waals surface area contributed by atoms with Gasteiger partial charge in [0.05, 0.1) is 17.8 Å². The van der Waals surface area contributed by atoms with Crippen molar-refractivity contribution in [3.8, 4) is 10.6 Å². The van der Waals surface area contributed by atoms with E-state index in [2.05, 4.69) is 36.2 Å². The first-order chi connectivity index (χ1) is 11.6. The Labute approximate surface area is 147 Å². The fourth-order valence-electron chi connectivity index (χ4n) is 2.56. The van der Waals surface area contributed by atoms with E-state index in [0.717, 1.165) is 16.3 Å². The van der Waals surface area contributed by atoms with Gasteiger partial charge in [0.2, 0.25) is 0 Å². The minimum absolute atomic E-state index is 0.356. The predicted molar refractivity (Wildman–Crippen MR) is 96.9 cm³/mol. The molecule has 0 spiro atoms. The van der Waals surface area contributed by atoms with E-state index in [1.165, 1.54) is 5.56 Å². The molecule has 2 heterocycles. The van der Waals surface area contributed by atoms with Gasteiger partial charge in [0, 0.05) is 16.0 Å². The minimum Gasteiger partial charge on any atom is -0.408 e. The van der Waals surface area contributed by atoms with Crippen LogP contribution in [0.1, 0.15) is 11.3 Å². The normalized spacial score (nSPS) is 11.2. The molecule has 4 rings (SSSR count). The molecule has 0 radical (unpaired) electrons. The van der Waals surface area contributed by atoms with Crippen LogP contribution in [0.15, 0.2) is 57.1 Å². The second-order valence-electron chi connectivity index (χ2n) is 5.58. The van der Waals surface area contributed by atoms with E-state index in [0.29, 0.717) is 22.7 Å². The largest absolute Gasteiger partial charge is 0.420 e. The molecule has 0 aliphatic heterocycles. The number of hydrogen-bond acceptors (Lipinski definition) is 4. The highest BCUT2D eigenvalue weighted by atomic mass is 35.5. The smallest absolute Gasteiger partial charge is 0.408 e. The number of hydrogen-bond donors (Lipinski definition) is 0. The Morgan fingerprint density at radius 1 is 1.21 bits per heavy atom. The van der Waals surface area contributed by atoms with Crippen molar-refractivity contribution in [2.24, 2.45) is 0 Å². The predicted octanol–water partition coefficient (Wildman–Crippen LogP) is 4.73. The third-order valence-electron chi connectivity index (χ3n) is 3.80. The Morgan fingerprint density at radius 2 is 2.00 bits per heavy atom. The van der Waals surface area contributed by atoms with E-state index in [-0.39, 0.29) is 0 Å². The molecule has 2 aromatic heterocycles. The zero-order chi connectivity index (χ0) is 16.7. The Morgan fingerprint density at radius 3 is 2.79 bits per heavy atom. The topological polar surface area (TPSA) is 48.0 Å². The maximum atomic E-state index is 12.1. The summed E-state index contributed by atoms with van der Waals surface area (Å²) in [6, 6.07) is 13.4. The van der Waals surface area contributed by atoms with E-state index in [9.17, 15) is 4.79 Å². The molecule has 0 amide bonds. The quantitative estimate of drug-likeness (QED) is 0.533. The summed E-state index contributed by atoms with van der Waals surface area (Å²) in [6.45, 7) is 2.41. The Kier molecular flexibility index (Phi) is 3.75. The zero-order valence-corrected chi connectivity index (χ0v) is 14.4. The molecule has 6 heteroatoms. The highest BCUT2D eigenvalue weighted by Gasteiger charge is 2.12.